The summed E-state index contributed by atoms with van der Waals surface area (Å²) in [6.45, 7) is 3.69. The fourth-order valence-corrected chi connectivity index (χ4v) is 3.74. The summed E-state index contributed by atoms with van der Waals surface area (Å²) in [6, 6.07) is 14.5. The van der Waals surface area contributed by atoms with Gasteiger partial charge in [0.25, 0.3) is 0 Å². The van der Waals surface area contributed by atoms with Crippen molar-refractivity contribution in [2.45, 2.75) is 19.6 Å². The van der Waals surface area contributed by atoms with E-state index in [9.17, 15) is 0 Å². The number of halogens is 2. The van der Waals surface area contributed by atoms with Gasteiger partial charge in [0, 0.05) is 22.0 Å². The van der Waals surface area contributed by atoms with Crippen LogP contribution < -0.4 is 4.74 Å². The summed E-state index contributed by atoms with van der Waals surface area (Å²) in [5.74, 6) is 2.87. The highest BCUT2D eigenvalue weighted by Gasteiger charge is 2.28. The molecule has 0 bridgehead atoms. The second-order valence-corrected chi connectivity index (χ2v) is 6.98. The molecule has 2 aromatic carbocycles. The quantitative estimate of drug-likeness (QED) is 0.560. The molecule has 2 heterocycles. The van der Waals surface area contributed by atoms with E-state index >= 15 is 0 Å². The van der Waals surface area contributed by atoms with Crippen LogP contribution in [-0.4, -0.2) is 18.5 Å². The summed E-state index contributed by atoms with van der Waals surface area (Å²) in [6.07, 6.45) is -0.00854. The minimum Gasteiger partial charge on any atom is -0.484 e. The predicted molar refractivity (Wildman–Crippen MR) is 102 cm³/mol. The number of hydrogen-bond acceptors (Lipinski definition) is 3. The summed E-state index contributed by atoms with van der Waals surface area (Å²) in [4.78, 5) is 2.23. The van der Waals surface area contributed by atoms with Gasteiger partial charge in [-0.1, -0.05) is 40.2 Å². The lowest BCUT2D eigenvalue weighted by Gasteiger charge is -2.29. The molecule has 0 radical (unpaired) electrons. The SMILES string of the molecule is Cc1cc2c(o1)CN(C)CC2Oc1ccc(Br)c2ccccc12.Cl. The average molecular weight is 409 g/mol. The maximum atomic E-state index is 6.41. The molecule has 3 aromatic rings. The van der Waals surface area contributed by atoms with Crippen molar-refractivity contribution in [1.82, 2.24) is 4.90 Å². The number of fused-ring (bicyclic) bond motifs is 2. The summed E-state index contributed by atoms with van der Waals surface area (Å²) in [5, 5.41) is 2.29. The number of hydrogen-bond donors (Lipinski definition) is 0. The van der Waals surface area contributed by atoms with E-state index in [0.717, 1.165) is 45.6 Å². The Labute approximate surface area is 156 Å². The maximum absolute atomic E-state index is 6.41. The number of nitrogens with zero attached hydrogens (tertiary/aromatic N) is 1. The van der Waals surface area contributed by atoms with Crippen molar-refractivity contribution in [2.24, 2.45) is 0 Å². The molecule has 0 N–H and O–H groups in total. The van der Waals surface area contributed by atoms with Crippen molar-refractivity contribution < 1.29 is 9.15 Å². The Hall–Kier alpha value is -1.49. The summed E-state index contributed by atoms with van der Waals surface area (Å²) in [7, 11) is 2.09. The fraction of sp³-hybridized carbons (Fsp3) is 0.263. The van der Waals surface area contributed by atoms with Gasteiger partial charge in [-0.25, -0.2) is 0 Å². The lowest BCUT2D eigenvalue weighted by Crippen LogP contribution is -2.32. The first-order valence-electron chi connectivity index (χ1n) is 7.73. The van der Waals surface area contributed by atoms with Crippen molar-refractivity contribution in [3.63, 3.8) is 0 Å². The standard InChI is InChI=1S/C19H18BrNO2.ClH/c1-12-9-15-18(22-12)10-21(2)11-19(15)23-17-8-7-16(20)13-5-3-4-6-14(13)17;/h3-9,19H,10-11H2,1-2H3;1H. The summed E-state index contributed by atoms with van der Waals surface area (Å²) < 4.78 is 13.3. The molecule has 1 aliphatic rings. The molecule has 4 rings (SSSR count). The molecule has 0 amide bonds. The lowest BCUT2D eigenvalue weighted by atomic mass is 10.0. The first-order chi connectivity index (χ1) is 11.1. The van der Waals surface area contributed by atoms with Crippen LogP contribution in [0.4, 0.5) is 0 Å². The highest BCUT2D eigenvalue weighted by molar-refractivity contribution is 9.10. The smallest absolute Gasteiger partial charge is 0.140 e. The first-order valence-corrected chi connectivity index (χ1v) is 8.53. The van der Waals surface area contributed by atoms with E-state index in [1.165, 1.54) is 5.56 Å². The van der Waals surface area contributed by atoms with Gasteiger partial charge in [0.05, 0.1) is 6.54 Å². The zero-order chi connectivity index (χ0) is 16.0. The van der Waals surface area contributed by atoms with Crippen molar-refractivity contribution in [1.29, 1.82) is 0 Å². The Morgan fingerprint density at radius 3 is 2.71 bits per heavy atom. The minimum atomic E-state index is -0.00854. The van der Waals surface area contributed by atoms with Crippen molar-refractivity contribution in [3.05, 3.63) is 64.0 Å². The van der Waals surface area contributed by atoms with E-state index in [-0.39, 0.29) is 18.5 Å². The molecule has 1 atom stereocenters. The normalized spacial score (nSPS) is 17.4. The molecular formula is C19H19BrClNO2. The van der Waals surface area contributed by atoms with E-state index < -0.39 is 0 Å². The van der Waals surface area contributed by atoms with Crippen LogP contribution in [0.2, 0.25) is 0 Å². The van der Waals surface area contributed by atoms with E-state index in [0.29, 0.717) is 0 Å². The predicted octanol–water partition coefficient (Wildman–Crippen LogP) is 5.49. The zero-order valence-corrected chi connectivity index (χ0v) is 16.0. The molecule has 24 heavy (non-hydrogen) atoms. The molecule has 0 saturated heterocycles. The van der Waals surface area contributed by atoms with Gasteiger partial charge in [-0.05, 0) is 37.6 Å². The van der Waals surface area contributed by atoms with Crippen molar-refractivity contribution in [3.8, 4) is 5.75 Å². The van der Waals surface area contributed by atoms with Crippen LogP contribution in [0.5, 0.6) is 5.75 Å². The van der Waals surface area contributed by atoms with E-state index in [2.05, 4.69) is 46.1 Å². The van der Waals surface area contributed by atoms with Crippen LogP contribution in [0.25, 0.3) is 10.8 Å². The Balaban J connectivity index is 0.00000169. The molecular weight excluding hydrogens is 390 g/mol. The highest BCUT2D eigenvalue weighted by atomic mass is 79.9. The second kappa shape index (κ2) is 6.79. The van der Waals surface area contributed by atoms with Crippen molar-refractivity contribution in [2.75, 3.05) is 13.6 Å². The number of ether oxygens (including phenoxy) is 1. The third-order valence-electron chi connectivity index (χ3n) is 4.30. The second-order valence-electron chi connectivity index (χ2n) is 6.13. The minimum absolute atomic E-state index is 0. The molecule has 1 aromatic heterocycles. The lowest BCUT2D eigenvalue weighted by molar-refractivity contribution is 0.121. The molecule has 0 fully saturated rings. The van der Waals surface area contributed by atoms with Crippen LogP contribution in [0.1, 0.15) is 23.2 Å². The molecule has 126 valence electrons. The number of furan rings is 1. The van der Waals surface area contributed by atoms with Gasteiger partial charge in [0.1, 0.15) is 23.4 Å². The van der Waals surface area contributed by atoms with Gasteiger partial charge in [0.2, 0.25) is 0 Å². The largest absolute Gasteiger partial charge is 0.484 e. The van der Waals surface area contributed by atoms with Crippen molar-refractivity contribution >= 4 is 39.1 Å². The first kappa shape index (κ1) is 17.3. The highest BCUT2D eigenvalue weighted by Crippen LogP contribution is 2.37. The fourth-order valence-electron chi connectivity index (χ4n) is 3.26. The van der Waals surface area contributed by atoms with E-state index in [1.54, 1.807) is 0 Å². The molecule has 0 spiro atoms. The monoisotopic (exact) mass is 407 g/mol. The maximum Gasteiger partial charge on any atom is 0.140 e. The number of aryl methyl sites for hydroxylation is 1. The third-order valence-corrected chi connectivity index (χ3v) is 4.99. The zero-order valence-electron chi connectivity index (χ0n) is 13.6. The molecule has 0 saturated carbocycles. The van der Waals surface area contributed by atoms with Gasteiger partial charge >= 0.3 is 0 Å². The summed E-state index contributed by atoms with van der Waals surface area (Å²) in [5.41, 5.74) is 1.17. The number of rotatable bonds is 2. The van der Waals surface area contributed by atoms with Gasteiger partial charge in [-0.15, -0.1) is 12.4 Å². The third kappa shape index (κ3) is 3.06. The molecule has 3 nitrogen and oxygen atoms in total. The molecule has 0 aliphatic carbocycles. The van der Waals surface area contributed by atoms with Gasteiger partial charge < -0.3 is 9.15 Å². The molecule has 1 unspecified atom stereocenters. The van der Waals surface area contributed by atoms with Gasteiger partial charge in [-0.2, -0.15) is 0 Å². The average Bonchev–Trinajstić information content (AvgIpc) is 2.90. The van der Waals surface area contributed by atoms with Gasteiger partial charge in [0.15, 0.2) is 0 Å². The summed E-state index contributed by atoms with van der Waals surface area (Å²) >= 11 is 3.62. The Kier molecular flexibility index (Phi) is 4.90. The topological polar surface area (TPSA) is 25.6 Å². The Morgan fingerprint density at radius 1 is 1.17 bits per heavy atom. The molecule has 1 aliphatic heterocycles. The number of likely N-dealkylation sites (N-methyl/N-ethyl adjacent to an activating group) is 1. The van der Waals surface area contributed by atoms with E-state index in [1.807, 2.05) is 31.2 Å². The van der Waals surface area contributed by atoms with Crippen LogP contribution >= 0.6 is 28.3 Å². The van der Waals surface area contributed by atoms with E-state index in [4.69, 9.17) is 9.15 Å². The number of benzene rings is 2. The molecule has 5 heteroatoms. The Bertz CT molecular complexity index is 877. The van der Waals surface area contributed by atoms with Crippen LogP contribution in [0.3, 0.4) is 0 Å². The van der Waals surface area contributed by atoms with Crippen LogP contribution in [-0.2, 0) is 6.54 Å². The van der Waals surface area contributed by atoms with Gasteiger partial charge in [-0.3, -0.25) is 4.90 Å². The van der Waals surface area contributed by atoms with Crippen LogP contribution in [0.15, 0.2) is 51.4 Å². The Morgan fingerprint density at radius 2 is 1.92 bits per heavy atom. The van der Waals surface area contributed by atoms with Crippen LogP contribution in [0, 0.1) is 6.92 Å².